The summed E-state index contributed by atoms with van der Waals surface area (Å²) in [7, 11) is 1.76. The van der Waals surface area contributed by atoms with Gasteiger partial charge < -0.3 is 20.4 Å². The van der Waals surface area contributed by atoms with Gasteiger partial charge in [-0.15, -0.1) is 0 Å². The average molecular weight is 276 g/mol. The summed E-state index contributed by atoms with van der Waals surface area (Å²) in [6, 6.07) is 5.76. The highest BCUT2D eigenvalue weighted by Gasteiger charge is 2.14. The first-order valence-electron chi connectivity index (χ1n) is 6.60. The number of nitrogens with two attached hydrogens (primary N) is 1. The van der Waals surface area contributed by atoms with Crippen LogP contribution in [0.15, 0.2) is 22.6 Å². The van der Waals surface area contributed by atoms with E-state index in [2.05, 4.69) is 10.3 Å². The van der Waals surface area contributed by atoms with Gasteiger partial charge in [0, 0.05) is 13.6 Å². The minimum atomic E-state index is -0.0589. The summed E-state index contributed by atoms with van der Waals surface area (Å²) >= 11 is 0. The van der Waals surface area contributed by atoms with Gasteiger partial charge in [0.25, 0.3) is 6.01 Å². The van der Waals surface area contributed by atoms with E-state index in [0.29, 0.717) is 35.3 Å². The van der Waals surface area contributed by atoms with Gasteiger partial charge in [-0.05, 0) is 18.1 Å². The normalized spacial score (nSPS) is 11.0. The van der Waals surface area contributed by atoms with Crippen molar-refractivity contribution in [1.29, 1.82) is 0 Å². The minimum absolute atomic E-state index is 0.0589. The van der Waals surface area contributed by atoms with Gasteiger partial charge in [0.1, 0.15) is 12.1 Å². The molecule has 0 spiro atoms. The lowest BCUT2D eigenvalue weighted by Gasteiger charge is -2.14. The third-order valence-corrected chi connectivity index (χ3v) is 2.85. The van der Waals surface area contributed by atoms with Gasteiger partial charge in [0.2, 0.25) is 5.91 Å². The van der Waals surface area contributed by atoms with E-state index >= 15 is 0 Å². The highest BCUT2D eigenvalue weighted by molar-refractivity contribution is 5.87. The summed E-state index contributed by atoms with van der Waals surface area (Å²) < 4.78 is 5.59. The molecular weight excluding hydrogens is 256 g/mol. The highest BCUT2D eigenvalue weighted by atomic mass is 16.4. The fourth-order valence-electron chi connectivity index (χ4n) is 1.78. The number of likely N-dealkylation sites (N-methyl/N-ethyl adjacent to an activating group) is 1. The van der Waals surface area contributed by atoms with E-state index in [4.69, 9.17) is 10.2 Å². The summed E-state index contributed by atoms with van der Waals surface area (Å²) in [6.45, 7) is 4.95. The maximum absolute atomic E-state index is 11.8. The topological polar surface area (TPSA) is 84.4 Å². The molecule has 0 aliphatic carbocycles. The van der Waals surface area contributed by atoms with Crippen LogP contribution in [-0.4, -0.2) is 31.0 Å². The number of rotatable bonds is 5. The maximum Gasteiger partial charge on any atom is 0.298 e. The van der Waals surface area contributed by atoms with E-state index in [1.807, 2.05) is 19.9 Å². The number of fused-ring (bicyclic) bond motifs is 1. The molecule has 3 N–H and O–H groups in total. The lowest BCUT2D eigenvalue weighted by molar-refractivity contribution is -0.119. The molecule has 0 radical (unpaired) electrons. The van der Waals surface area contributed by atoms with E-state index in [9.17, 15) is 4.79 Å². The largest absolute Gasteiger partial charge is 0.423 e. The van der Waals surface area contributed by atoms with Gasteiger partial charge in [-0.2, -0.15) is 4.98 Å². The Hall–Kier alpha value is -2.24. The van der Waals surface area contributed by atoms with Gasteiger partial charge in [-0.1, -0.05) is 19.9 Å². The highest BCUT2D eigenvalue weighted by Crippen LogP contribution is 2.25. The molecule has 0 saturated carbocycles. The van der Waals surface area contributed by atoms with Crippen LogP contribution in [0.1, 0.15) is 13.8 Å². The zero-order valence-corrected chi connectivity index (χ0v) is 12.0. The van der Waals surface area contributed by atoms with Crippen LogP contribution >= 0.6 is 0 Å². The number of nitrogen functional groups attached to an aromatic ring is 1. The second kappa shape index (κ2) is 5.81. The van der Waals surface area contributed by atoms with Crippen LogP contribution in [0, 0.1) is 5.92 Å². The molecule has 0 bridgehead atoms. The van der Waals surface area contributed by atoms with Crippen molar-refractivity contribution in [2.24, 2.45) is 5.92 Å². The molecule has 1 aromatic heterocycles. The van der Waals surface area contributed by atoms with Crippen LogP contribution in [0.2, 0.25) is 0 Å². The van der Waals surface area contributed by atoms with Crippen molar-refractivity contribution in [2.75, 3.05) is 30.8 Å². The molecule has 2 aromatic rings. The summed E-state index contributed by atoms with van der Waals surface area (Å²) in [4.78, 5) is 17.7. The number of hydrogen-bond donors (Lipinski definition) is 2. The maximum atomic E-state index is 11.8. The molecule has 20 heavy (non-hydrogen) atoms. The lowest BCUT2D eigenvalue weighted by Crippen LogP contribution is -2.36. The van der Waals surface area contributed by atoms with Crippen molar-refractivity contribution in [3.63, 3.8) is 0 Å². The molecule has 1 heterocycles. The Balaban J connectivity index is 2.06. The molecule has 2 rings (SSSR count). The summed E-state index contributed by atoms with van der Waals surface area (Å²) in [5.41, 5.74) is 7.64. The van der Waals surface area contributed by atoms with Gasteiger partial charge in [-0.25, -0.2) is 0 Å². The number of aromatic nitrogens is 1. The third-order valence-electron chi connectivity index (χ3n) is 2.85. The molecule has 0 aliphatic heterocycles. The smallest absolute Gasteiger partial charge is 0.298 e. The monoisotopic (exact) mass is 276 g/mol. The van der Waals surface area contributed by atoms with Crippen LogP contribution in [0.5, 0.6) is 0 Å². The SMILES string of the molecule is CC(C)CNC(=O)CN(C)c1nc2c(N)cccc2o1. The number of carbonyl (C=O) groups is 1. The standard InChI is InChI=1S/C14H20N4O2/c1-9(2)7-16-12(19)8-18(3)14-17-13-10(15)5-4-6-11(13)20-14/h4-6,9H,7-8,15H2,1-3H3,(H,16,19). The zero-order valence-electron chi connectivity index (χ0n) is 12.0. The Labute approximate surface area is 117 Å². The lowest BCUT2D eigenvalue weighted by atomic mass is 10.2. The second-order valence-corrected chi connectivity index (χ2v) is 5.24. The number of carbonyl (C=O) groups excluding carboxylic acids is 1. The van der Waals surface area contributed by atoms with Crippen molar-refractivity contribution < 1.29 is 9.21 Å². The van der Waals surface area contributed by atoms with Gasteiger partial charge in [0.15, 0.2) is 5.58 Å². The number of oxazole rings is 1. The summed E-state index contributed by atoms with van der Waals surface area (Å²) in [5.74, 6) is 0.366. The van der Waals surface area contributed by atoms with E-state index < -0.39 is 0 Å². The Morgan fingerprint density at radius 1 is 1.50 bits per heavy atom. The number of benzene rings is 1. The van der Waals surface area contributed by atoms with Crippen LogP contribution in [0.25, 0.3) is 11.1 Å². The van der Waals surface area contributed by atoms with E-state index in [-0.39, 0.29) is 12.5 Å². The van der Waals surface area contributed by atoms with Gasteiger partial charge >= 0.3 is 0 Å². The van der Waals surface area contributed by atoms with Gasteiger partial charge in [-0.3, -0.25) is 4.79 Å². The van der Waals surface area contributed by atoms with Crippen LogP contribution in [-0.2, 0) is 4.79 Å². The molecule has 1 aromatic carbocycles. The Kier molecular flexibility index (Phi) is 4.12. The number of nitrogens with one attached hydrogen (secondary N) is 1. The second-order valence-electron chi connectivity index (χ2n) is 5.24. The quantitative estimate of drug-likeness (QED) is 0.811. The molecule has 6 nitrogen and oxygen atoms in total. The first-order chi connectivity index (χ1) is 9.47. The van der Waals surface area contributed by atoms with Crippen molar-refractivity contribution >= 4 is 28.7 Å². The first-order valence-corrected chi connectivity index (χ1v) is 6.60. The molecule has 0 saturated heterocycles. The van der Waals surface area contributed by atoms with Crippen molar-refractivity contribution in [3.8, 4) is 0 Å². The van der Waals surface area contributed by atoms with Crippen LogP contribution < -0.4 is 16.0 Å². The number of nitrogens with zero attached hydrogens (tertiary/aromatic N) is 2. The summed E-state index contributed by atoms with van der Waals surface area (Å²) in [6.07, 6.45) is 0. The van der Waals surface area contributed by atoms with Crippen molar-refractivity contribution in [3.05, 3.63) is 18.2 Å². The molecule has 6 heteroatoms. The van der Waals surface area contributed by atoms with Crippen molar-refractivity contribution in [1.82, 2.24) is 10.3 Å². The van der Waals surface area contributed by atoms with Crippen LogP contribution in [0.4, 0.5) is 11.7 Å². The number of anilines is 2. The Bertz CT molecular complexity index is 606. The number of hydrogen-bond acceptors (Lipinski definition) is 5. The molecule has 0 fully saturated rings. The Morgan fingerprint density at radius 2 is 2.25 bits per heavy atom. The summed E-state index contributed by atoms with van der Waals surface area (Å²) in [5, 5.41) is 2.85. The minimum Gasteiger partial charge on any atom is -0.423 e. The molecule has 0 unspecified atom stereocenters. The molecular formula is C14H20N4O2. The van der Waals surface area contributed by atoms with Crippen LogP contribution in [0.3, 0.4) is 0 Å². The molecule has 0 atom stereocenters. The predicted octanol–water partition coefficient (Wildman–Crippen LogP) is 1.62. The fourth-order valence-corrected chi connectivity index (χ4v) is 1.78. The van der Waals surface area contributed by atoms with E-state index in [1.54, 1.807) is 24.1 Å². The Morgan fingerprint density at radius 3 is 2.90 bits per heavy atom. The fraction of sp³-hybridized carbons (Fsp3) is 0.429. The number of amides is 1. The first kappa shape index (κ1) is 14.2. The average Bonchev–Trinajstić information content (AvgIpc) is 2.82. The zero-order chi connectivity index (χ0) is 14.7. The molecule has 0 aliphatic rings. The van der Waals surface area contributed by atoms with Crippen molar-refractivity contribution in [2.45, 2.75) is 13.8 Å². The van der Waals surface area contributed by atoms with E-state index in [0.717, 1.165) is 0 Å². The third kappa shape index (κ3) is 3.20. The van der Waals surface area contributed by atoms with E-state index in [1.165, 1.54) is 0 Å². The number of para-hydroxylation sites is 1. The van der Waals surface area contributed by atoms with Gasteiger partial charge in [0.05, 0.1) is 5.69 Å². The molecule has 108 valence electrons. The predicted molar refractivity (Wildman–Crippen MR) is 79.5 cm³/mol. The molecule has 1 amide bonds.